The van der Waals surface area contributed by atoms with Crippen LogP contribution in [0.25, 0.3) is 11.3 Å². The van der Waals surface area contributed by atoms with Crippen LogP contribution in [0.1, 0.15) is 34.2 Å². The monoisotopic (exact) mass is 575 g/mol. The summed E-state index contributed by atoms with van der Waals surface area (Å²) in [6.07, 6.45) is 1.35. The molecule has 0 radical (unpaired) electrons. The second-order valence-corrected chi connectivity index (χ2v) is 9.87. The zero-order chi connectivity index (χ0) is 24.4. The Morgan fingerprint density at radius 1 is 1.06 bits per heavy atom. The van der Waals surface area contributed by atoms with Crippen LogP contribution in [0.2, 0.25) is 0 Å². The van der Waals surface area contributed by atoms with Gasteiger partial charge in [-0.1, -0.05) is 49.0 Å². The van der Waals surface area contributed by atoms with Crippen LogP contribution in [-0.2, 0) is 19.3 Å². The summed E-state index contributed by atoms with van der Waals surface area (Å²) in [5, 5.41) is 14.7. The zero-order valence-corrected chi connectivity index (χ0v) is 21.6. The number of ether oxygens (including phenoxy) is 1. The Bertz CT molecular complexity index is 1370. The number of benzene rings is 3. The fourth-order valence-electron chi connectivity index (χ4n) is 4.40. The van der Waals surface area contributed by atoms with Gasteiger partial charge in [0.15, 0.2) is 5.82 Å². The van der Waals surface area contributed by atoms with Crippen LogP contribution in [-0.4, -0.2) is 22.2 Å². The molecule has 0 saturated carbocycles. The van der Waals surface area contributed by atoms with Gasteiger partial charge in [-0.2, -0.15) is 0 Å². The van der Waals surface area contributed by atoms with Crippen LogP contribution in [0.3, 0.4) is 0 Å². The van der Waals surface area contributed by atoms with Gasteiger partial charge in [-0.15, -0.1) is 0 Å². The predicted octanol–water partition coefficient (Wildman–Crippen LogP) is 6.11. The lowest BCUT2D eigenvalue weighted by atomic mass is 9.91. The molecule has 0 aliphatic heterocycles. The van der Waals surface area contributed by atoms with E-state index < -0.39 is 6.10 Å². The third-order valence-electron chi connectivity index (χ3n) is 6.19. The molecule has 5 nitrogen and oxygen atoms in total. The maximum Gasteiger partial charge on any atom is 0.155 e. The Morgan fingerprint density at radius 3 is 2.57 bits per heavy atom. The van der Waals surface area contributed by atoms with Crippen LogP contribution < -0.4 is 10.1 Å². The molecule has 1 aromatic heterocycles. The molecule has 1 unspecified atom stereocenters. The Morgan fingerprint density at radius 2 is 1.83 bits per heavy atom. The average Bonchev–Trinajstić information content (AvgIpc) is 2.89. The Kier molecular flexibility index (Phi) is 6.83. The van der Waals surface area contributed by atoms with Gasteiger partial charge < -0.3 is 15.2 Å². The van der Waals surface area contributed by atoms with E-state index in [0.717, 1.165) is 52.4 Å². The number of methoxy groups -OCH3 is 1. The maximum atomic E-state index is 11.3. The molecule has 0 bridgehead atoms. The van der Waals surface area contributed by atoms with Crippen molar-refractivity contribution in [2.24, 2.45) is 0 Å². The number of aryl methyl sites for hydroxylation is 2. The molecule has 2 N–H and O–H groups in total. The molecule has 1 aliphatic carbocycles. The fourth-order valence-corrected chi connectivity index (χ4v) is 4.76. The summed E-state index contributed by atoms with van der Waals surface area (Å²) in [6, 6.07) is 23.9. The van der Waals surface area contributed by atoms with Crippen molar-refractivity contribution in [1.82, 2.24) is 9.97 Å². The van der Waals surface area contributed by atoms with Crippen molar-refractivity contribution in [2.45, 2.75) is 25.4 Å². The number of anilines is 1. The summed E-state index contributed by atoms with van der Waals surface area (Å²) in [4.78, 5) is 9.97. The quantitative estimate of drug-likeness (QED) is 0.261. The molecular weight excluding hydrogens is 549 g/mol. The Balaban J connectivity index is 1.54. The second kappa shape index (κ2) is 10.2. The van der Waals surface area contributed by atoms with Crippen molar-refractivity contribution in [3.05, 3.63) is 117 Å². The van der Waals surface area contributed by atoms with Crippen LogP contribution >= 0.6 is 22.6 Å². The zero-order valence-electron chi connectivity index (χ0n) is 19.5. The van der Waals surface area contributed by atoms with E-state index in [4.69, 9.17) is 14.7 Å². The first-order valence-corrected chi connectivity index (χ1v) is 12.6. The van der Waals surface area contributed by atoms with Crippen molar-refractivity contribution in [1.29, 1.82) is 0 Å². The largest absolute Gasteiger partial charge is 0.497 e. The first kappa shape index (κ1) is 23.5. The van der Waals surface area contributed by atoms with Crippen LogP contribution in [0.5, 0.6) is 5.75 Å². The van der Waals surface area contributed by atoms with Gasteiger partial charge in [0.05, 0.1) is 18.5 Å². The lowest BCUT2D eigenvalue weighted by Gasteiger charge is -2.23. The summed E-state index contributed by atoms with van der Waals surface area (Å²) in [6.45, 7) is 4.23. The van der Waals surface area contributed by atoms with Gasteiger partial charge in [0, 0.05) is 21.3 Å². The third-order valence-corrected chi connectivity index (χ3v) is 6.91. The molecular formula is C29H26IN3O2. The number of hydrogen-bond donors (Lipinski definition) is 2. The van der Waals surface area contributed by atoms with E-state index in [0.29, 0.717) is 17.9 Å². The molecule has 3 aromatic carbocycles. The van der Waals surface area contributed by atoms with Gasteiger partial charge in [-0.3, -0.25) is 0 Å². The number of nitrogens with zero attached hydrogens (tertiary/aromatic N) is 2. The molecule has 1 aliphatic rings. The summed E-state index contributed by atoms with van der Waals surface area (Å²) in [7, 11) is 1.67. The van der Waals surface area contributed by atoms with Crippen molar-refractivity contribution in [2.75, 3.05) is 12.4 Å². The van der Waals surface area contributed by atoms with E-state index in [1.54, 1.807) is 7.11 Å². The number of allylic oxidation sites excluding steroid dienone is 1. The minimum absolute atomic E-state index is 0.488. The van der Waals surface area contributed by atoms with E-state index in [1.807, 2.05) is 42.5 Å². The highest BCUT2D eigenvalue weighted by atomic mass is 127. The van der Waals surface area contributed by atoms with Gasteiger partial charge in [0.25, 0.3) is 0 Å². The molecule has 0 saturated heterocycles. The summed E-state index contributed by atoms with van der Waals surface area (Å²) >= 11 is 2.30. The topological polar surface area (TPSA) is 67.3 Å². The third kappa shape index (κ3) is 5.09. The molecule has 1 heterocycles. The minimum atomic E-state index is -0.925. The predicted molar refractivity (Wildman–Crippen MR) is 148 cm³/mol. The van der Waals surface area contributed by atoms with Gasteiger partial charge in [0.1, 0.15) is 17.5 Å². The van der Waals surface area contributed by atoms with E-state index in [-0.39, 0.29) is 0 Å². The normalized spacial score (nSPS) is 12.9. The van der Waals surface area contributed by atoms with Gasteiger partial charge >= 0.3 is 0 Å². The van der Waals surface area contributed by atoms with Gasteiger partial charge in [0.2, 0.25) is 0 Å². The first-order chi connectivity index (χ1) is 17.0. The number of halogens is 1. The smallest absolute Gasteiger partial charge is 0.155 e. The number of aliphatic hydroxyl groups excluding tert-OH is 1. The van der Waals surface area contributed by atoms with Crippen LogP contribution in [0.4, 0.5) is 5.82 Å². The van der Waals surface area contributed by atoms with Crippen LogP contribution in [0.15, 0.2) is 85.1 Å². The van der Waals surface area contributed by atoms with Crippen molar-refractivity contribution >= 4 is 28.4 Å². The van der Waals surface area contributed by atoms with Crippen molar-refractivity contribution in [3.8, 4) is 17.0 Å². The number of nitrogens with one attached hydrogen (secondary N) is 1. The highest BCUT2D eigenvalue weighted by Gasteiger charge is 2.26. The van der Waals surface area contributed by atoms with Gasteiger partial charge in [-0.05, 0) is 82.5 Å². The molecule has 0 fully saturated rings. The molecule has 5 rings (SSSR count). The highest BCUT2D eigenvalue weighted by Crippen LogP contribution is 2.37. The summed E-state index contributed by atoms with van der Waals surface area (Å²) < 4.78 is 6.60. The highest BCUT2D eigenvalue weighted by molar-refractivity contribution is 14.1. The van der Waals surface area contributed by atoms with Crippen molar-refractivity contribution in [3.63, 3.8) is 0 Å². The number of aliphatic hydroxyl groups is 1. The van der Waals surface area contributed by atoms with E-state index in [1.165, 1.54) is 9.13 Å². The minimum Gasteiger partial charge on any atom is -0.497 e. The second-order valence-electron chi connectivity index (χ2n) is 8.62. The molecule has 176 valence electrons. The maximum absolute atomic E-state index is 11.3. The molecule has 1 atom stereocenters. The Labute approximate surface area is 219 Å². The molecule has 0 spiro atoms. The number of rotatable bonds is 7. The lowest BCUT2D eigenvalue weighted by Crippen LogP contribution is -2.17. The standard InChI is InChI=1S/C29H26IN3O2/c1-18(16-19-8-11-22(30)12-9-19)31-29-27(28(34)20-6-4-3-5-7-20)33-26-24-14-13-23(35-2)17-21(24)10-15-25(26)32-29/h3-9,11-14,17,28,34H,1,10,15-16H2,2H3,(H,31,32). The van der Waals surface area contributed by atoms with Crippen LogP contribution in [0, 0.1) is 3.57 Å². The SMILES string of the molecule is C=C(Cc1ccc(I)cc1)Nc1nc2c(nc1C(O)c1ccccc1)-c1ccc(OC)cc1CC2. The first-order valence-electron chi connectivity index (χ1n) is 11.5. The number of aromatic nitrogens is 2. The number of fused-ring (bicyclic) bond motifs is 3. The van der Waals surface area contributed by atoms with E-state index in [2.05, 4.69) is 64.8 Å². The summed E-state index contributed by atoms with van der Waals surface area (Å²) in [5.41, 5.74) is 7.13. The van der Waals surface area contributed by atoms with Gasteiger partial charge in [-0.25, -0.2) is 9.97 Å². The van der Waals surface area contributed by atoms with E-state index in [9.17, 15) is 5.11 Å². The molecule has 4 aromatic rings. The Hall–Kier alpha value is -3.23. The lowest BCUT2D eigenvalue weighted by molar-refractivity contribution is 0.215. The summed E-state index contributed by atoms with van der Waals surface area (Å²) in [5.74, 6) is 1.38. The fraction of sp³-hybridized carbons (Fsp3) is 0.172. The molecule has 0 amide bonds. The molecule has 35 heavy (non-hydrogen) atoms. The average molecular weight is 575 g/mol. The van der Waals surface area contributed by atoms with Crippen molar-refractivity contribution < 1.29 is 9.84 Å². The van der Waals surface area contributed by atoms with E-state index >= 15 is 0 Å². The number of hydrogen-bond acceptors (Lipinski definition) is 5. The molecule has 6 heteroatoms.